The van der Waals surface area contributed by atoms with Crippen molar-refractivity contribution in [3.05, 3.63) is 34.9 Å². The molecule has 6 nitrogen and oxygen atoms in total. The van der Waals surface area contributed by atoms with Gasteiger partial charge in [0.1, 0.15) is 12.1 Å². The van der Waals surface area contributed by atoms with Gasteiger partial charge in [-0.1, -0.05) is 29.8 Å². The van der Waals surface area contributed by atoms with E-state index >= 15 is 0 Å². The summed E-state index contributed by atoms with van der Waals surface area (Å²) in [6.45, 7) is 0. The normalized spacial score (nSPS) is 18.9. The number of rotatable bonds is 5. The van der Waals surface area contributed by atoms with Crippen molar-refractivity contribution in [2.45, 2.75) is 31.3 Å². The second-order valence-electron chi connectivity index (χ2n) is 4.92. The minimum Gasteiger partial charge on any atom is -0.368 e. The molecule has 1 saturated heterocycles. The van der Waals surface area contributed by atoms with Gasteiger partial charge < -0.3 is 16.4 Å². The van der Waals surface area contributed by atoms with Gasteiger partial charge >= 0.3 is 0 Å². The fraction of sp³-hybridized carbons (Fsp3) is 0.357. The molecule has 0 bridgehead atoms. The third kappa shape index (κ3) is 3.95. The molecule has 7 heteroatoms. The number of nitrogens with one attached hydrogen (secondary N) is 2. The zero-order chi connectivity index (χ0) is 15.4. The first-order chi connectivity index (χ1) is 9.97. The molecule has 0 saturated carbocycles. The molecule has 2 atom stereocenters. The van der Waals surface area contributed by atoms with Crippen molar-refractivity contribution in [2.24, 2.45) is 5.73 Å². The van der Waals surface area contributed by atoms with E-state index in [4.69, 9.17) is 17.3 Å². The summed E-state index contributed by atoms with van der Waals surface area (Å²) in [7, 11) is 0. The Morgan fingerprint density at radius 1 is 1.43 bits per heavy atom. The van der Waals surface area contributed by atoms with Crippen molar-refractivity contribution < 1.29 is 14.4 Å². The van der Waals surface area contributed by atoms with Crippen LogP contribution in [-0.4, -0.2) is 29.8 Å². The highest BCUT2D eigenvalue weighted by atomic mass is 35.5. The highest BCUT2D eigenvalue weighted by Gasteiger charge is 2.30. The van der Waals surface area contributed by atoms with Gasteiger partial charge in [-0.15, -0.1) is 0 Å². The summed E-state index contributed by atoms with van der Waals surface area (Å²) in [5.74, 6) is -1.22. The molecule has 1 fully saturated rings. The van der Waals surface area contributed by atoms with Gasteiger partial charge in [0.25, 0.3) is 0 Å². The van der Waals surface area contributed by atoms with Crippen molar-refractivity contribution >= 4 is 29.3 Å². The monoisotopic (exact) mass is 309 g/mol. The average molecular weight is 310 g/mol. The van der Waals surface area contributed by atoms with Crippen LogP contribution < -0.4 is 16.4 Å². The molecule has 0 aromatic heterocycles. The molecule has 2 rings (SSSR count). The Morgan fingerprint density at radius 2 is 2.14 bits per heavy atom. The Kier molecular flexibility index (Phi) is 4.80. The topological polar surface area (TPSA) is 101 Å². The molecule has 3 amide bonds. The minimum atomic E-state index is -0.866. The molecule has 0 radical (unpaired) electrons. The van der Waals surface area contributed by atoms with Crippen LogP contribution in [0.15, 0.2) is 24.3 Å². The van der Waals surface area contributed by atoms with Gasteiger partial charge in [-0.05, 0) is 18.1 Å². The Morgan fingerprint density at radius 3 is 2.71 bits per heavy atom. The lowest BCUT2D eigenvalue weighted by molar-refractivity contribution is -0.129. The molecule has 112 valence electrons. The minimum absolute atomic E-state index is 0.170. The van der Waals surface area contributed by atoms with Gasteiger partial charge in [-0.3, -0.25) is 14.4 Å². The van der Waals surface area contributed by atoms with Crippen LogP contribution >= 0.6 is 11.6 Å². The van der Waals surface area contributed by atoms with Crippen LogP contribution in [0.3, 0.4) is 0 Å². The van der Waals surface area contributed by atoms with Crippen molar-refractivity contribution in [2.75, 3.05) is 0 Å². The standard InChI is InChI=1S/C14H16ClN3O3/c15-9-4-2-1-3-8(9)7-11(13(16)20)18-14(21)10-5-6-12(19)17-10/h1-4,10-11H,5-7H2,(H2,16,20)(H,17,19)(H,18,21)/t10-,11+/m0/s1. The lowest BCUT2D eigenvalue weighted by atomic mass is 10.0. The molecule has 0 unspecified atom stereocenters. The number of amides is 3. The molecule has 1 aliphatic heterocycles. The number of benzene rings is 1. The summed E-state index contributed by atoms with van der Waals surface area (Å²) in [5, 5.41) is 5.62. The predicted octanol–water partition coefficient (Wildman–Crippen LogP) is 0.131. The first kappa shape index (κ1) is 15.3. The number of hydrogen-bond acceptors (Lipinski definition) is 3. The van der Waals surface area contributed by atoms with E-state index in [2.05, 4.69) is 10.6 Å². The number of carbonyl (C=O) groups excluding carboxylic acids is 3. The number of nitrogens with two attached hydrogens (primary N) is 1. The van der Waals surface area contributed by atoms with Crippen molar-refractivity contribution in [1.29, 1.82) is 0 Å². The first-order valence-corrected chi connectivity index (χ1v) is 6.97. The van der Waals surface area contributed by atoms with Gasteiger partial charge in [-0.2, -0.15) is 0 Å². The van der Waals surface area contributed by atoms with E-state index in [-0.39, 0.29) is 12.3 Å². The zero-order valence-electron chi connectivity index (χ0n) is 11.3. The number of carbonyl (C=O) groups is 3. The zero-order valence-corrected chi connectivity index (χ0v) is 12.0. The van der Waals surface area contributed by atoms with Crippen molar-refractivity contribution in [1.82, 2.24) is 10.6 Å². The fourth-order valence-corrected chi connectivity index (χ4v) is 2.40. The Hall–Kier alpha value is -2.08. The van der Waals surface area contributed by atoms with Crippen molar-refractivity contribution in [3.8, 4) is 0 Å². The van der Waals surface area contributed by atoms with E-state index in [9.17, 15) is 14.4 Å². The fourth-order valence-electron chi connectivity index (χ4n) is 2.19. The predicted molar refractivity (Wildman–Crippen MR) is 77.4 cm³/mol. The van der Waals surface area contributed by atoms with Crippen LogP contribution in [0.1, 0.15) is 18.4 Å². The molecule has 1 aromatic rings. The van der Waals surface area contributed by atoms with E-state index in [0.29, 0.717) is 17.9 Å². The third-order valence-corrected chi connectivity index (χ3v) is 3.72. The van der Waals surface area contributed by atoms with E-state index in [0.717, 1.165) is 5.56 Å². The maximum Gasteiger partial charge on any atom is 0.243 e. The van der Waals surface area contributed by atoms with Gasteiger partial charge in [0.2, 0.25) is 17.7 Å². The number of primary amides is 1. The Labute approximate surface area is 127 Å². The average Bonchev–Trinajstić information content (AvgIpc) is 2.87. The Bertz CT molecular complexity index is 576. The van der Waals surface area contributed by atoms with Crippen LogP contribution in [0.4, 0.5) is 0 Å². The maximum absolute atomic E-state index is 12.0. The lowest BCUT2D eigenvalue weighted by Gasteiger charge is -2.18. The Balaban J connectivity index is 2.03. The second kappa shape index (κ2) is 6.58. The third-order valence-electron chi connectivity index (χ3n) is 3.35. The van der Waals surface area contributed by atoms with Gasteiger partial charge in [0.15, 0.2) is 0 Å². The van der Waals surface area contributed by atoms with Gasteiger partial charge in [0, 0.05) is 17.9 Å². The lowest BCUT2D eigenvalue weighted by Crippen LogP contribution is -2.51. The van der Waals surface area contributed by atoms with Crippen LogP contribution in [-0.2, 0) is 20.8 Å². The second-order valence-corrected chi connectivity index (χ2v) is 5.33. The summed E-state index contributed by atoms with van der Waals surface area (Å²) in [6, 6.07) is 5.56. The summed E-state index contributed by atoms with van der Waals surface area (Å²) in [5.41, 5.74) is 6.05. The van der Waals surface area contributed by atoms with Crippen LogP contribution in [0.2, 0.25) is 5.02 Å². The van der Waals surface area contributed by atoms with E-state index < -0.39 is 23.9 Å². The maximum atomic E-state index is 12.0. The quantitative estimate of drug-likeness (QED) is 0.720. The number of halogens is 1. The summed E-state index contributed by atoms with van der Waals surface area (Å²) in [4.78, 5) is 34.6. The molecular formula is C14H16ClN3O3. The molecule has 0 spiro atoms. The molecule has 0 aliphatic carbocycles. The van der Waals surface area contributed by atoms with Crippen molar-refractivity contribution in [3.63, 3.8) is 0 Å². The summed E-state index contributed by atoms with van der Waals surface area (Å²) in [6.07, 6.45) is 0.938. The van der Waals surface area contributed by atoms with E-state index in [1.165, 1.54) is 0 Å². The summed E-state index contributed by atoms with van der Waals surface area (Å²) < 4.78 is 0. The SMILES string of the molecule is NC(=O)[C@@H](Cc1ccccc1Cl)NC(=O)[C@@H]1CCC(=O)N1. The summed E-state index contributed by atoms with van der Waals surface area (Å²) >= 11 is 6.03. The van der Waals surface area contributed by atoms with Crippen LogP contribution in [0, 0.1) is 0 Å². The van der Waals surface area contributed by atoms with Crippen LogP contribution in [0.5, 0.6) is 0 Å². The van der Waals surface area contributed by atoms with Gasteiger partial charge in [0.05, 0.1) is 0 Å². The van der Waals surface area contributed by atoms with Gasteiger partial charge in [-0.25, -0.2) is 0 Å². The van der Waals surface area contributed by atoms with Crippen LogP contribution in [0.25, 0.3) is 0 Å². The molecule has 1 aliphatic rings. The smallest absolute Gasteiger partial charge is 0.243 e. The largest absolute Gasteiger partial charge is 0.368 e. The highest BCUT2D eigenvalue weighted by Crippen LogP contribution is 2.17. The number of hydrogen-bond donors (Lipinski definition) is 3. The van der Waals surface area contributed by atoms with E-state index in [1.54, 1.807) is 24.3 Å². The molecule has 21 heavy (non-hydrogen) atoms. The molecular weight excluding hydrogens is 294 g/mol. The highest BCUT2D eigenvalue weighted by molar-refractivity contribution is 6.31. The molecule has 1 heterocycles. The molecule has 4 N–H and O–H groups in total. The molecule has 1 aromatic carbocycles. The first-order valence-electron chi connectivity index (χ1n) is 6.60. The van der Waals surface area contributed by atoms with E-state index in [1.807, 2.05) is 0 Å².